The molecule has 2 amide bonds. The Balaban J connectivity index is 2.62. The molecule has 0 radical (unpaired) electrons. The fourth-order valence-corrected chi connectivity index (χ4v) is 2.22. The molecule has 116 valence electrons. The molecule has 0 unspecified atom stereocenters. The van der Waals surface area contributed by atoms with Crippen molar-refractivity contribution in [2.24, 2.45) is 0 Å². The lowest BCUT2D eigenvalue weighted by Crippen LogP contribution is -2.50. The van der Waals surface area contributed by atoms with Crippen molar-refractivity contribution in [3.63, 3.8) is 0 Å². The molecule has 1 rings (SSSR count). The Hall–Kier alpha value is -2.03. The van der Waals surface area contributed by atoms with E-state index in [0.29, 0.717) is 26.2 Å². The molecule has 6 heteroatoms. The summed E-state index contributed by atoms with van der Waals surface area (Å²) >= 11 is 0. The summed E-state index contributed by atoms with van der Waals surface area (Å²) in [5.74, 6) is -0.221. The van der Waals surface area contributed by atoms with E-state index in [9.17, 15) is 14.9 Å². The number of nitriles is 1. The summed E-state index contributed by atoms with van der Waals surface area (Å²) < 4.78 is 0. The minimum atomic E-state index is -0.246. The molecule has 1 fully saturated rings. The molecule has 1 saturated heterocycles. The zero-order valence-corrected chi connectivity index (χ0v) is 13.1. The van der Waals surface area contributed by atoms with Crippen LogP contribution >= 0.6 is 0 Å². The molecule has 0 atom stereocenters. The van der Waals surface area contributed by atoms with Gasteiger partial charge < -0.3 is 14.7 Å². The van der Waals surface area contributed by atoms with Crippen molar-refractivity contribution in [2.45, 2.75) is 26.7 Å². The number of piperazine rings is 1. The summed E-state index contributed by atoms with van der Waals surface area (Å²) in [5.41, 5.74) is 0.157. The van der Waals surface area contributed by atoms with Crippen LogP contribution in [0.25, 0.3) is 0 Å². The molecule has 0 spiro atoms. The van der Waals surface area contributed by atoms with Crippen molar-refractivity contribution in [1.29, 1.82) is 5.26 Å². The average molecular weight is 292 g/mol. The number of amides is 2. The van der Waals surface area contributed by atoms with Crippen molar-refractivity contribution < 1.29 is 9.59 Å². The van der Waals surface area contributed by atoms with E-state index in [0.717, 1.165) is 19.4 Å². The third kappa shape index (κ3) is 5.10. The number of carbonyl (C=O) groups is 2. The largest absolute Gasteiger partial charge is 0.379 e. The van der Waals surface area contributed by atoms with Gasteiger partial charge in [-0.2, -0.15) is 5.26 Å². The minimum Gasteiger partial charge on any atom is -0.379 e. The minimum absolute atomic E-state index is 0.0254. The predicted octanol–water partition coefficient (Wildman–Crippen LogP) is 0.816. The molecule has 1 heterocycles. The van der Waals surface area contributed by atoms with Gasteiger partial charge in [-0.25, -0.2) is 0 Å². The SMILES string of the molecule is CCCCN(C)/C=C(/C#N)C(=O)N1CCN(C(C)=O)CC1. The van der Waals surface area contributed by atoms with E-state index in [2.05, 4.69) is 6.92 Å². The Labute approximate surface area is 126 Å². The third-order valence-electron chi connectivity index (χ3n) is 3.58. The van der Waals surface area contributed by atoms with Gasteiger partial charge in [-0.05, 0) is 6.42 Å². The van der Waals surface area contributed by atoms with Gasteiger partial charge in [0.2, 0.25) is 5.91 Å². The lowest BCUT2D eigenvalue weighted by Gasteiger charge is -2.34. The Bertz CT molecular complexity index is 445. The monoisotopic (exact) mass is 292 g/mol. The van der Waals surface area contributed by atoms with Crippen LogP contribution in [0.1, 0.15) is 26.7 Å². The highest BCUT2D eigenvalue weighted by atomic mass is 16.2. The lowest BCUT2D eigenvalue weighted by molar-refractivity contribution is -0.136. The molecule has 0 bridgehead atoms. The number of unbranched alkanes of at least 4 members (excludes halogenated alkanes) is 1. The lowest BCUT2D eigenvalue weighted by atomic mass is 10.2. The Morgan fingerprint density at radius 2 is 1.81 bits per heavy atom. The first kappa shape index (κ1) is 17.0. The van der Waals surface area contributed by atoms with Crippen LogP contribution in [0.5, 0.6) is 0 Å². The summed E-state index contributed by atoms with van der Waals surface area (Å²) in [6.07, 6.45) is 3.72. The smallest absolute Gasteiger partial charge is 0.266 e. The average Bonchev–Trinajstić information content (AvgIpc) is 2.50. The Morgan fingerprint density at radius 1 is 1.24 bits per heavy atom. The van der Waals surface area contributed by atoms with Crippen LogP contribution in [-0.4, -0.2) is 66.3 Å². The molecule has 21 heavy (non-hydrogen) atoms. The maximum absolute atomic E-state index is 12.3. The van der Waals surface area contributed by atoms with Crippen molar-refractivity contribution in [3.8, 4) is 6.07 Å². The topological polar surface area (TPSA) is 67.7 Å². The van der Waals surface area contributed by atoms with Crippen molar-refractivity contribution in [2.75, 3.05) is 39.8 Å². The van der Waals surface area contributed by atoms with E-state index in [1.807, 2.05) is 18.0 Å². The van der Waals surface area contributed by atoms with Gasteiger partial charge in [-0.1, -0.05) is 13.3 Å². The summed E-state index contributed by atoms with van der Waals surface area (Å²) in [4.78, 5) is 28.8. The van der Waals surface area contributed by atoms with Gasteiger partial charge in [-0.15, -0.1) is 0 Å². The van der Waals surface area contributed by atoms with Gasteiger partial charge in [0, 0.05) is 52.9 Å². The zero-order valence-electron chi connectivity index (χ0n) is 13.1. The standard InChI is InChI=1S/C15H24N4O2/c1-4-5-6-17(3)12-14(11-16)15(21)19-9-7-18(8-10-19)13(2)20/h12H,4-10H2,1-3H3/b14-12-. The number of hydrogen-bond acceptors (Lipinski definition) is 4. The molecule has 0 saturated carbocycles. The summed E-state index contributed by atoms with van der Waals surface area (Å²) in [6, 6.07) is 1.99. The van der Waals surface area contributed by atoms with Crippen LogP contribution in [0.4, 0.5) is 0 Å². The summed E-state index contributed by atoms with van der Waals surface area (Å²) in [5, 5.41) is 9.18. The van der Waals surface area contributed by atoms with E-state index >= 15 is 0 Å². The first-order valence-corrected chi connectivity index (χ1v) is 7.36. The predicted molar refractivity (Wildman–Crippen MR) is 80.1 cm³/mol. The van der Waals surface area contributed by atoms with Gasteiger partial charge in [0.15, 0.2) is 0 Å². The van der Waals surface area contributed by atoms with E-state index in [4.69, 9.17) is 0 Å². The molecule has 0 aromatic rings. The first-order chi connectivity index (χ1) is 9.99. The second kappa shape index (κ2) is 8.30. The van der Waals surface area contributed by atoms with Crippen LogP contribution in [0.3, 0.4) is 0 Å². The van der Waals surface area contributed by atoms with Gasteiger partial charge in [0.1, 0.15) is 11.6 Å². The zero-order chi connectivity index (χ0) is 15.8. The Kier molecular flexibility index (Phi) is 6.73. The van der Waals surface area contributed by atoms with E-state index in [-0.39, 0.29) is 17.4 Å². The van der Waals surface area contributed by atoms with Crippen LogP contribution < -0.4 is 0 Å². The van der Waals surface area contributed by atoms with Crippen LogP contribution in [0.2, 0.25) is 0 Å². The number of nitrogens with zero attached hydrogens (tertiary/aromatic N) is 4. The van der Waals surface area contributed by atoms with Gasteiger partial charge >= 0.3 is 0 Å². The number of rotatable bonds is 5. The highest BCUT2D eigenvalue weighted by Gasteiger charge is 2.24. The maximum atomic E-state index is 12.3. The van der Waals surface area contributed by atoms with Crippen molar-refractivity contribution >= 4 is 11.8 Å². The molecular weight excluding hydrogens is 268 g/mol. The third-order valence-corrected chi connectivity index (χ3v) is 3.58. The van der Waals surface area contributed by atoms with Gasteiger partial charge in [0.05, 0.1) is 0 Å². The number of carbonyl (C=O) groups excluding carboxylic acids is 2. The van der Waals surface area contributed by atoms with Gasteiger partial charge in [0.25, 0.3) is 5.91 Å². The van der Waals surface area contributed by atoms with E-state index in [1.54, 1.807) is 16.0 Å². The van der Waals surface area contributed by atoms with Crippen LogP contribution in [0.15, 0.2) is 11.8 Å². The van der Waals surface area contributed by atoms with E-state index < -0.39 is 0 Å². The quantitative estimate of drug-likeness (QED) is 0.556. The fourth-order valence-electron chi connectivity index (χ4n) is 2.22. The van der Waals surface area contributed by atoms with E-state index in [1.165, 1.54) is 6.92 Å². The second-order valence-corrected chi connectivity index (χ2v) is 5.29. The normalized spacial score (nSPS) is 15.6. The fraction of sp³-hybridized carbons (Fsp3) is 0.667. The molecular formula is C15H24N4O2. The molecule has 0 N–H and O–H groups in total. The summed E-state index contributed by atoms with van der Waals surface area (Å²) in [6.45, 7) is 6.49. The second-order valence-electron chi connectivity index (χ2n) is 5.29. The molecule has 1 aliphatic rings. The van der Waals surface area contributed by atoms with Gasteiger partial charge in [-0.3, -0.25) is 9.59 Å². The summed E-state index contributed by atoms with van der Waals surface area (Å²) in [7, 11) is 1.87. The highest BCUT2D eigenvalue weighted by Crippen LogP contribution is 2.08. The molecule has 0 aromatic heterocycles. The maximum Gasteiger partial charge on any atom is 0.266 e. The molecule has 0 aromatic carbocycles. The Morgan fingerprint density at radius 3 is 2.29 bits per heavy atom. The molecule has 0 aliphatic carbocycles. The highest BCUT2D eigenvalue weighted by molar-refractivity contribution is 5.97. The molecule has 1 aliphatic heterocycles. The van der Waals surface area contributed by atoms with Crippen LogP contribution in [-0.2, 0) is 9.59 Å². The first-order valence-electron chi connectivity index (χ1n) is 7.36. The number of hydrogen-bond donors (Lipinski definition) is 0. The van der Waals surface area contributed by atoms with Crippen molar-refractivity contribution in [1.82, 2.24) is 14.7 Å². The van der Waals surface area contributed by atoms with Crippen molar-refractivity contribution in [3.05, 3.63) is 11.8 Å². The van der Waals surface area contributed by atoms with Crippen LogP contribution in [0, 0.1) is 11.3 Å². The molecule has 6 nitrogen and oxygen atoms in total.